The number of ether oxygens (including phenoxy) is 1. The molecule has 1 aromatic carbocycles. The van der Waals surface area contributed by atoms with Gasteiger partial charge < -0.3 is 14.0 Å². The third kappa shape index (κ3) is 1.77. The van der Waals surface area contributed by atoms with Gasteiger partial charge in [0.2, 0.25) is 0 Å². The fourth-order valence-corrected chi connectivity index (χ4v) is 1.90. The number of fused-ring (bicyclic) bond motifs is 1. The van der Waals surface area contributed by atoms with Crippen molar-refractivity contribution in [1.82, 2.24) is 0 Å². The quantitative estimate of drug-likeness (QED) is 0.832. The molecule has 0 radical (unpaired) electrons. The van der Waals surface area contributed by atoms with Crippen LogP contribution in [-0.4, -0.2) is 11.7 Å². The molecule has 1 aliphatic heterocycles. The number of hydrogen-bond acceptors (Lipinski definition) is 4. The lowest BCUT2D eigenvalue weighted by Crippen LogP contribution is -1.97. The van der Waals surface area contributed by atoms with Gasteiger partial charge in [-0.15, -0.1) is 0 Å². The monoisotopic (exact) mass is 262 g/mol. The molecule has 3 nitrogen and oxygen atoms in total. The highest BCUT2D eigenvalue weighted by Crippen LogP contribution is 2.36. The highest BCUT2D eigenvalue weighted by Gasteiger charge is 2.21. The van der Waals surface area contributed by atoms with Gasteiger partial charge in [0, 0.05) is 26.4 Å². The lowest BCUT2D eigenvalue weighted by Gasteiger charge is -2.02. The first kappa shape index (κ1) is 9.18. The van der Waals surface area contributed by atoms with Crippen LogP contribution in [0.2, 0.25) is 0 Å². The Labute approximate surface area is 87.5 Å². The Morgan fingerprint density at radius 2 is 2.46 bits per heavy atom. The molecular weight excluding hydrogens is 256 g/mol. The van der Waals surface area contributed by atoms with E-state index in [0.717, 1.165) is 16.0 Å². The second-order valence-electron chi connectivity index (χ2n) is 2.67. The predicted octanol–water partition coefficient (Wildman–Crippen LogP) is 2.45. The number of benzene rings is 1. The van der Waals surface area contributed by atoms with Gasteiger partial charge in [-0.3, -0.25) is 0 Å². The van der Waals surface area contributed by atoms with E-state index >= 15 is 0 Å². The van der Waals surface area contributed by atoms with Crippen LogP contribution in [0.3, 0.4) is 0 Å². The van der Waals surface area contributed by atoms with Crippen LogP contribution < -0.4 is 8.92 Å². The molecule has 1 N–H and O–H groups in total. The topological polar surface area (TPSA) is 38.7 Å². The van der Waals surface area contributed by atoms with Crippen LogP contribution in [0.5, 0.6) is 11.5 Å². The summed E-state index contributed by atoms with van der Waals surface area (Å²) in [5, 5.41) is 9.42. The van der Waals surface area contributed by atoms with Crippen molar-refractivity contribution in [3.8, 4) is 11.5 Å². The third-order valence-corrected chi connectivity index (χ3v) is 2.52. The Hall–Kier alpha value is -0.390. The van der Waals surface area contributed by atoms with E-state index in [1.54, 1.807) is 12.1 Å². The number of aliphatic hydroxyl groups excluding tert-OH is 1. The fourth-order valence-electron chi connectivity index (χ4n) is 1.26. The normalized spacial score (nSPS) is 19.4. The maximum atomic E-state index is 9.42. The lowest BCUT2D eigenvalue weighted by atomic mass is 10.1. The first-order chi connectivity index (χ1) is 6.31. The average molecular weight is 263 g/mol. The van der Waals surface area contributed by atoms with E-state index < -0.39 is 6.10 Å². The third-order valence-electron chi connectivity index (χ3n) is 1.87. The molecule has 70 valence electrons. The number of hydrogen-bond donors (Lipinski definition) is 1. The van der Waals surface area contributed by atoms with Crippen molar-refractivity contribution in [1.29, 1.82) is 0 Å². The van der Waals surface area contributed by atoms with E-state index in [-0.39, 0.29) is 0 Å². The van der Waals surface area contributed by atoms with Crippen LogP contribution in [0.25, 0.3) is 0 Å². The van der Waals surface area contributed by atoms with Crippen molar-refractivity contribution in [3.63, 3.8) is 0 Å². The molecule has 13 heavy (non-hydrogen) atoms. The van der Waals surface area contributed by atoms with Crippen molar-refractivity contribution in [2.45, 2.75) is 6.10 Å². The van der Waals surface area contributed by atoms with Gasteiger partial charge in [0.1, 0.15) is 34.7 Å². The minimum Gasteiger partial charge on any atom is -0.490 e. The summed E-state index contributed by atoms with van der Waals surface area (Å²) >= 11 is 3.08. The summed E-state index contributed by atoms with van der Waals surface area (Å²) in [7, 11) is 1.10. The van der Waals surface area contributed by atoms with Crippen LogP contribution in [0.1, 0.15) is 11.7 Å². The van der Waals surface area contributed by atoms with Gasteiger partial charge in [-0.1, -0.05) is 0 Å². The van der Waals surface area contributed by atoms with Gasteiger partial charge in [0.25, 0.3) is 0 Å². The summed E-state index contributed by atoms with van der Waals surface area (Å²) in [6.07, 6.45) is -0.499. The predicted molar refractivity (Wildman–Crippen MR) is 54.0 cm³/mol. The Morgan fingerprint density at radius 3 is 3.23 bits per heavy atom. The summed E-state index contributed by atoms with van der Waals surface area (Å²) in [4.78, 5) is 0. The van der Waals surface area contributed by atoms with Crippen molar-refractivity contribution >= 4 is 25.3 Å². The van der Waals surface area contributed by atoms with Gasteiger partial charge in [-0.25, -0.2) is 0 Å². The molecule has 1 heterocycles. The Kier molecular flexibility index (Phi) is 2.66. The lowest BCUT2D eigenvalue weighted by molar-refractivity contribution is 0.140. The molecule has 0 saturated carbocycles. The molecule has 1 aliphatic rings. The minimum atomic E-state index is -0.499. The fraction of sp³-hybridized carbons (Fsp3) is 0.250. The van der Waals surface area contributed by atoms with Crippen LogP contribution in [0, 0.1) is 0 Å². The number of aliphatic hydroxyl groups is 1. The molecule has 1 atom stereocenters. The van der Waals surface area contributed by atoms with Crippen molar-refractivity contribution in [2.24, 2.45) is 0 Å². The van der Waals surface area contributed by atoms with Crippen LogP contribution >= 0.6 is 25.3 Å². The first-order valence-corrected chi connectivity index (χ1v) is 6.30. The molecule has 0 saturated heterocycles. The van der Waals surface area contributed by atoms with E-state index in [1.807, 2.05) is 6.07 Å². The maximum Gasteiger partial charge on any atom is 0.142 e. The standard InChI is InChI=1S/C8H7BrO3S/c9-13-12-5-1-2-6-7(10)4-11-8(6)3-5/h1-3,7,10H,4H2. The molecular formula is C8H7BrO3S. The van der Waals surface area contributed by atoms with Gasteiger partial charge in [-0.2, -0.15) is 0 Å². The molecule has 0 aromatic heterocycles. The average Bonchev–Trinajstić information content (AvgIpc) is 2.48. The summed E-state index contributed by atoms with van der Waals surface area (Å²) in [6, 6.07) is 5.37. The zero-order valence-electron chi connectivity index (χ0n) is 6.57. The van der Waals surface area contributed by atoms with Crippen molar-refractivity contribution in [2.75, 3.05) is 6.61 Å². The number of rotatable bonds is 2. The smallest absolute Gasteiger partial charge is 0.142 e. The zero-order chi connectivity index (χ0) is 9.26. The first-order valence-electron chi connectivity index (χ1n) is 3.71. The van der Waals surface area contributed by atoms with Crippen molar-refractivity contribution < 1.29 is 14.0 Å². The Morgan fingerprint density at radius 1 is 1.62 bits per heavy atom. The van der Waals surface area contributed by atoms with E-state index in [9.17, 15) is 5.11 Å². The molecule has 1 unspecified atom stereocenters. The van der Waals surface area contributed by atoms with E-state index in [2.05, 4.69) is 14.8 Å². The molecule has 5 heteroatoms. The Balaban J connectivity index is 2.29. The van der Waals surface area contributed by atoms with E-state index in [0.29, 0.717) is 18.1 Å². The van der Waals surface area contributed by atoms with E-state index in [4.69, 9.17) is 8.92 Å². The second kappa shape index (κ2) is 3.77. The largest absolute Gasteiger partial charge is 0.490 e. The highest BCUT2D eigenvalue weighted by molar-refractivity contribution is 9.49. The molecule has 0 spiro atoms. The Bertz CT molecular complexity index is 318. The summed E-state index contributed by atoms with van der Waals surface area (Å²) < 4.78 is 10.4. The minimum absolute atomic E-state index is 0.334. The molecule has 0 bridgehead atoms. The molecule has 1 aromatic rings. The van der Waals surface area contributed by atoms with Gasteiger partial charge in [0.05, 0.1) is 0 Å². The summed E-state index contributed by atoms with van der Waals surface area (Å²) in [5.41, 5.74) is 0.826. The van der Waals surface area contributed by atoms with Gasteiger partial charge in [-0.05, 0) is 12.1 Å². The van der Waals surface area contributed by atoms with Gasteiger partial charge >= 0.3 is 0 Å². The van der Waals surface area contributed by atoms with Crippen LogP contribution in [0.15, 0.2) is 18.2 Å². The number of halogens is 1. The van der Waals surface area contributed by atoms with Crippen molar-refractivity contribution in [3.05, 3.63) is 23.8 Å². The van der Waals surface area contributed by atoms with Crippen LogP contribution in [-0.2, 0) is 0 Å². The summed E-state index contributed by atoms with van der Waals surface area (Å²) in [6.45, 7) is 0.334. The van der Waals surface area contributed by atoms with Gasteiger partial charge in [0.15, 0.2) is 0 Å². The highest BCUT2D eigenvalue weighted by atomic mass is 79.9. The summed E-state index contributed by atoms with van der Waals surface area (Å²) in [5.74, 6) is 1.40. The second-order valence-corrected chi connectivity index (χ2v) is 3.76. The molecule has 0 fully saturated rings. The molecule has 0 aliphatic carbocycles. The SMILES string of the molecule is OC1COc2cc(OSBr)ccc21. The molecule has 0 amide bonds. The zero-order valence-corrected chi connectivity index (χ0v) is 8.97. The van der Waals surface area contributed by atoms with E-state index in [1.165, 1.54) is 0 Å². The molecule has 2 rings (SSSR count). The maximum absolute atomic E-state index is 9.42. The van der Waals surface area contributed by atoms with Crippen LogP contribution in [0.4, 0.5) is 0 Å².